The molecule has 0 aromatic carbocycles. The van der Waals surface area contributed by atoms with E-state index in [0.717, 1.165) is 21.2 Å². The quantitative estimate of drug-likeness (QED) is 0.890. The second-order valence-corrected chi connectivity index (χ2v) is 6.11. The lowest BCUT2D eigenvalue weighted by atomic mass is 9.95. The van der Waals surface area contributed by atoms with Crippen LogP contribution in [0.5, 0.6) is 0 Å². The van der Waals surface area contributed by atoms with E-state index in [1.54, 1.807) is 6.20 Å². The first-order valence-electron chi connectivity index (χ1n) is 5.45. The number of fused-ring (bicyclic) bond motifs is 2. The first-order valence-corrected chi connectivity index (χ1v) is 7.04. The maximum atomic E-state index is 5.81. The molecule has 3 nitrogen and oxygen atoms in total. The van der Waals surface area contributed by atoms with E-state index in [1.807, 2.05) is 6.07 Å². The molecular weight excluding hydrogens is 336 g/mol. The molecule has 3 unspecified atom stereocenters. The van der Waals surface area contributed by atoms with Crippen molar-refractivity contribution in [2.45, 2.75) is 37.5 Å². The van der Waals surface area contributed by atoms with Crippen LogP contribution in [0.1, 0.15) is 19.3 Å². The topological polar surface area (TPSA) is 34.2 Å². The van der Waals surface area contributed by atoms with Crippen LogP contribution in [0.25, 0.3) is 0 Å². The third-order valence-electron chi connectivity index (χ3n) is 3.24. The molecule has 3 rings (SSSR count). The minimum absolute atomic E-state index is 0.377. The zero-order valence-electron chi connectivity index (χ0n) is 8.62. The number of aromatic nitrogens is 1. The lowest BCUT2D eigenvalue weighted by Gasteiger charge is -2.21. The highest BCUT2D eigenvalue weighted by Gasteiger charge is 2.40. The fourth-order valence-electron chi connectivity index (χ4n) is 2.49. The van der Waals surface area contributed by atoms with Crippen LogP contribution in [-0.4, -0.2) is 23.2 Å². The highest BCUT2D eigenvalue weighted by atomic mass is 79.9. The highest BCUT2D eigenvalue weighted by molar-refractivity contribution is 9.11. The summed E-state index contributed by atoms with van der Waals surface area (Å²) in [5.41, 5.74) is 0. The molecule has 1 aromatic rings. The summed E-state index contributed by atoms with van der Waals surface area (Å²) in [5.74, 6) is 0.907. The minimum Gasteiger partial charge on any atom is -0.373 e. The molecule has 2 fully saturated rings. The molecule has 0 amide bonds. The number of halogens is 2. The predicted molar refractivity (Wildman–Crippen MR) is 69.6 cm³/mol. The number of anilines is 1. The lowest BCUT2D eigenvalue weighted by Crippen LogP contribution is -2.30. The van der Waals surface area contributed by atoms with Crippen molar-refractivity contribution in [2.75, 3.05) is 5.32 Å². The van der Waals surface area contributed by atoms with Crippen LogP contribution >= 0.6 is 31.9 Å². The summed E-state index contributed by atoms with van der Waals surface area (Å²) in [6, 6.07) is 2.42. The van der Waals surface area contributed by atoms with Gasteiger partial charge in [-0.05, 0) is 57.2 Å². The maximum Gasteiger partial charge on any atom is 0.140 e. The van der Waals surface area contributed by atoms with Crippen molar-refractivity contribution >= 4 is 37.7 Å². The van der Waals surface area contributed by atoms with Gasteiger partial charge in [-0.15, -0.1) is 0 Å². The van der Waals surface area contributed by atoms with Gasteiger partial charge in [0.1, 0.15) is 5.82 Å². The van der Waals surface area contributed by atoms with Crippen molar-refractivity contribution < 1.29 is 4.74 Å². The van der Waals surface area contributed by atoms with Gasteiger partial charge in [0.2, 0.25) is 0 Å². The molecule has 0 radical (unpaired) electrons. The Hall–Kier alpha value is -0.130. The predicted octanol–water partition coefficient (Wildman–Crippen LogP) is 3.34. The Kier molecular flexibility index (Phi) is 2.94. The molecule has 0 aliphatic carbocycles. The summed E-state index contributed by atoms with van der Waals surface area (Å²) in [7, 11) is 0. The second-order valence-electron chi connectivity index (χ2n) is 4.34. The Morgan fingerprint density at radius 2 is 2.25 bits per heavy atom. The SMILES string of the molecule is Brc1cnc(NC2CC3CCC2O3)c(Br)c1. The van der Waals surface area contributed by atoms with Crippen LogP contribution in [0.15, 0.2) is 21.2 Å². The van der Waals surface area contributed by atoms with Gasteiger partial charge < -0.3 is 10.1 Å². The van der Waals surface area contributed by atoms with Gasteiger partial charge in [-0.3, -0.25) is 0 Å². The third-order valence-corrected chi connectivity index (χ3v) is 4.27. The van der Waals surface area contributed by atoms with Crippen molar-refractivity contribution in [3.8, 4) is 0 Å². The lowest BCUT2D eigenvalue weighted by molar-refractivity contribution is 0.102. The number of hydrogen-bond acceptors (Lipinski definition) is 3. The third kappa shape index (κ3) is 2.00. The minimum atomic E-state index is 0.377. The first kappa shape index (κ1) is 11.0. The van der Waals surface area contributed by atoms with Crippen molar-refractivity contribution in [1.29, 1.82) is 0 Å². The summed E-state index contributed by atoms with van der Waals surface area (Å²) >= 11 is 6.91. The van der Waals surface area contributed by atoms with Crippen molar-refractivity contribution in [2.24, 2.45) is 0 Å². The summed E-state index contributed by atoms with van der Waals surface area (Å²) in [6.07, 6.45) is 6.16. The standard InChI is InChI=1S/C11H12Br2N2O/c12-6-3-8(13)11(14-5-6)15-9-4-7-1-2-10(9)16-7/h3,5,7,9-10H,1-2,4H2,(H,14,15). The molecule has 2 aliphatic rings. The average Bonchev–Trinajstić information content (AvgIpc) is 2.84. The zero-order chi connectivity index (χ0) is 11.1. The Morgan fingerprint density at radius 1 is 1.38 bits per heavy atom. The number of nitrogens with zero attached hydrogens (tertiary/aromatic N) is 1. The number of hydrogen-bond donors (Lipinski definition) is 1. The van der Waals surface area contributed by atoms with Gasteiger partial charge in [0.05, 0.1) is 22.7 Å². The van der Waals surface area contributed by atoms with Crippen molar-refractivity contribution in [1.82, 2.24) is 4.98 Å². The van der Waals surface area contributed by atoms with E-state index in [-0.39, 0.29) is 0 Å². The van der Waals surface area contributed by atoms with Gasteiger partial charge in [0.15, 0.2) is 0 Å². The highest BCUT2D eigenvalue weighted by Crippen LogP contribution is 2.36. The maximum absolute atomic E-state index is 5.81. The van der Waals surface area contributed by atoms with Crippen LogP contribution in [0.2, 0.25) is 0 Å². The van der Waals surface area contributed by atoms with E-state index in [1.165, 1.54) is 12.8 Å². The van der Waals surface area contributed by atoms with Gasteiger partial charge >= 0.3 is 0 Å². The van der Waals surface area contributed by atoms with E-state index in [4.69, 9.17) is 4.74 Å². The van der Waals surface area contributed by atoms with E-state index in [0.29, 0.717) is 18.2 Å². The Balaban J connectivity index is 1.74. The zero-order valence-corrected chi connectivity index (χ0v) is 11.8. The van der Waals surface area contributed by atoms with E-state index < -0.39 is 0 Å². The van der Waals surface area contributed by atoms with Crippen molar-refractivity contribution in [3.63, 3.8) is 0 Å². The Labute approximate surface area is 111 Å². The van der Waals surface area contributed by atoms with E-state index >= 15 is 0 Å². The number of nitrogens with one attached hydrogen (secondary N) is 1. The van der Waals surface area contributed by atoms with E-state index in [9.17, 15) is 0 Å². The van der Waals surface area contributed by atoms with Gasteiger partial charge in [-0.1, -0.05) is 0 Å². The molecule has 0 spiro atoms. The molecule has 3 atom stereocenters. The van der Waals surface area contributed by atoms with Crippen LogP contribution in [0.4, 0.5) is 5.82 Å². The molecule has 0 saturated carbocycles. The Morgan fingerprint density at radius 3 is 2.88 bits per heavy atom. The molecular formula is C11H12Br2N2O. The smallest absolute Gasteiger partial charge is 0.140 e. The van der Waals surface area contributed by atoms with Crippen LogP contribution < -0.4 is 5.32 Å². The fraction of sp³-hybridized carbons (Fsp3) is 0.545. The molecule has 1 N–H and O–H groups in total. The molecule has 5 heteroatoms. The van der Waals surface area contributed by atoms with Gasteiger partial charge in [-0.25, -0.2) is 4.98 Å². The van der Waals surface area contributed by atoms with Gasteiger partial charge in [-0.2, -0.15) is 0 Å². The second kappa shape index (κ2) is 4.27. The summed E-state index contributed by atoms with van der Waals surface area (Å²) in [5, 5.41) is 3.46. The molecule has 2 bridgehead atoms. The number of pyridine rings is 1. The molecule has 1 aromatic heterocycles. The van der Waals surface area contributed by atoms with Crippen LogP contribution in [-0.2, 0) is 4.74 Å². The summed E-state index contributed by atoms with van der Waals surface area (Å²) in [4.78, 5) is 4.36. The molecule has 3 heterocycles. The largest absolute Gasteiger partial charge is 0.373 e. The molecule has 86 valence electrons. The average molecular weight is 348 g/mol. The van der Waals surface area contributed by atoms with Gasteiger partial charge in [0, 0.05) is 10.7 Å². The van der Waals surface area contributed by atoms with E-state index in [2.05, 4.69) is 42.2 Å². The molecule has 16 heavy (non-hydrogen) atoms. The van der Waals surface area contributed by atoms with Gasteiger partial charge in [0.25, 0.3) is 0 Å². The summed E-state index contributed by atoms with van der Waals surface area (Å²) in [6.45, 7) is 0. The fourth-order valence-corrected chi connectivity index (χ4v) is 3.59. The normalized spacial score (nSPS) is 32.0. The molecule has 2 saturated heterocycles. The molecule has 2 aliphatic heterocycles. The summed E-state index contributed by atoms with van der Waals surface area (Å²) < 4.78 is 7.78. The van der Waals surface area contributed by atoms with Crippen molar-refractivity contribution in [3.05, 3.63) is 21.2 Å². The first-order chi connectivity index (χ1) is 7.72. The number of ether oxygens (including phenoxy) is 1. The van der Waals surface area contributed by atoms with Crippen LogP contribution in [0.3, 0.4) is 0 Å². The number of rotatable bonds is 2. The Bertz CT molecular complexity index is 413. The monoisotopic (exact) mass is 346 g/mol. The van der Waals surface area contributed by atoms with Crippen LogP contribution in [0, 0.1) is 0 Å².